The molecule has 210 valence electrons. The summed E-state index contributed by atoms with van der Waals surface area (Å²) in [5.74, 6) is -3.32. The number of hydrogen-bond donors (Lipinski definition) is 4. The van der Waals surface area contributed by atoms with Gasteiger partial charge in [0.2, 0.25) is 0 Å². The smallest absolute Gasteiger partial charge is 0.490 e. The summed E-state index contributed by atoms with van der Waals surface area (Å²) in [7, 11) is 1.46. The average molecular weight is 577 g/mol. The van der Waals surface area contributed by atoms with Gasteiger partial charge in [-0.2, -0.15) is 13.2 Å². The molecule has 0 radical (unpaired) electrons. The van der Waals surface area contributed by atoms with E-state index in [1.54, 1.807) is 18.2 Å². The van der Waals surface area contributed by atoms with Gasteiger partial charge in [-0.1, -0.05) is 36.4 Å². The van der Waals surface area contributed by atoms with Crippen molar-refractivity contribution in [3.05, 3.63) is 76.3 Å². The molecule has 2 amide bonds. The summed E-state index contributed by atoms with van der Waals surface area (Å²) in [6.07, 6.45) is -1.41. The first kappa shape index (κ1) is 30.1. The van der Waals surface area contributed by atoms with Crippen LogP contribution >= 0.6 is 11.8 Å². The van der Waals surface area contributed by atoms with Crippen molar-refractivity contribution >= 4 is 51.7 Å². The van der Waals surface area contributed by atoms with E-state index in [1.807, 2.05) is 36.4 Å². The number of nitrogens with two attached hydrogens (primary N) is 1. The number of aliphatic hydroxyl groups excluding tert-OH is 1. The lowest BCUT2D eigenvalue weighted by Gasteiger charge is -2.10. The molecule has 1 aliphatic heterocycles. The van der Waals surface area contributed by atoms with Gasteiger partial charge in [0.15, 0.2) is 5.17 Å². The minimum atomic E-state index is -5.08. The lowest BCUT2D eigenvalue weighted by Crippen LogP contribution is -2.23. The van der Waals surface area contributed by atoms with Gasteiger partial charge in [-0.25, -0.2) is 4.79 Å². The number of ether oxygens (including phenoxy) is 1. The van der Waals surface area contributed by atoms with Crippen LogP contribution in [0.5, 0.6) is 5.75 Å². The molecule has 0 saturated carbocycles. The van der Waals surface area contributed by atoms with Crippen LogP contribution in [0.25, 0.3) is 17.0 Å². The molecule has 2 aromatic carbocycles. The number of amides is 2. The van der Waals surface area contributed by atoms with Crippen LogP contribution in [0.4, 0.5) is 13.2 Å². The number of primary amides is 1. The number of methoxy groups -OCH3 is 1. The summed E-state index contributed by atoms with van der Waals surface area (Å²) in [6, 6.07) is 14.8. The SMILES string of the molecule is COc1c(C(N)=O)cnc2ccc(/C=C3\SC(=N[C@@H](CO)Cc4ccccc4)NC3=O)cc12.O=C(O)C(F)(F)F. The van der Waals surface area contributed by atoms with Gasteiger partial charge in [0.05, 0.1) is 30.2 Å². The molecule has 0 spiro atoms. The van der Waals surface area contributed by atoms with Gasteiger partial charge >= 0.3 is 12.1 Å². The number of fused-ring (bicyclic) bond motifs is 1. The molecule has 1 atom stereocenters. The van der Waals surface area contributed by atoms with E-state index in [4.69, 9.17) is 20.4 Å². The number of carbonyl (C=O) groups is 3. The van der Waals surface area contributed by atoms with E-state index in [0.717, 1.165) is 11.1 Å². The number of thioether (sulfide) groups is 1. The number of pyridine rings is 1. The number of aromatic nitrogens is 1. The summed E-state index contributed by atoms with van der Waals surface area (Å²) in [5, 5.41) is 20.7. The second kappa shape index (κ2) is 13.1. The Morgan fingerprint density at radius 2 is 1.90 bits per heavy atom. The largest absolute Gasteiger partial charge is 0.495 e. The number of amidine groups is 1. The van der Waals surface area contributed by atoms with E-state index >= 15 is 0 Å². The minimum Gasteiger partial charge on any atom is -0.495 e. The zero-order chi connectivity index (χ0) is 29.4. The second-order valence-corrected chi connectivity index (χ2v) is 9.20. The lowest BCUT2D eigenvalue weighted by atomic mass is 10.1. The Hall–Kier alpha value is -4.43. The molecule has 40 heavy (non-hydrogen) atoms. The predicted octanol–water partition coefficient (Wildman–Crippen LogP) is 3.14. The topological polar surface area (TPSA) is 164 Å². The van der Waals surface area contributed by atoms with E-state index in [2.05, 4.69) is 15.3 Å². The predicted molar refractivity (Wildman–Crippen MR) is 143 cm³/mol. The number of benzene rings is 2. The number of nitrogens with zero attached hydrogens (tertiary/aromatic N) is 2. The van der Waals surface area contributed by atoms with Crippen molar-refractivity contribution in [3.8, 4) is 5.75 Å². The van der Waals surface area contributed by atoms with Gasteiger partial charge in [-0.15, -0.1) is 0 Å². The molecule has 4 rings (SSSR count). The summed E-state index contributed by atoms with van der Waals surface area (Å²) in [5.41, 5.74) is 8.03. The second-order valence-electron chi connectivity index (χ2n) is 8.17. The molecule has 1 aromatic heterocycles. The molecule has 3 aromatic rings. The average Bonchev–Trinajstić information content (AvgIpc) is 3.25. The van der Waals surface area contributed by atoms with Crippen molar-refractivity contribution in [1.82, 2.24) is 10.3 Å². The highest BCUT2D eigenvalue weighted by atomic mass is 32.2. The van der Waals surface area contributed by atoms with Crippen LogP contribution in [-0.4, -0.2) is 64.1 Å². The van der Waals surface area contributed by atoms with Crippen molar-refractivity contribution in [1.29, 1.82) is 0 Å². The molecular weight excluding hydrogens is 553 g/mol. The van der Waals surface area contributed by atoms with Crippen LogP contribution in [0.2, 0.25) is 0 Å². The van der Waals surface area contributed by atoms with E-state index in [-0.39, 0.29) is 24.1 Å². The van der Waals surface area contributed by atoms with Gasteiger partial charge in [-0.05, 0) is 47.5 Å². The van der Waals surface area contributed by atoms with Crippen LogP contribution in [-0.2, 0) is 16.0 Å². The number of alkyl halides is 3. The molecule has 2 heterocycles. The number of rotatable bonds is 7. The number of aliphatic hydroxyl groups is 1. The first-order valence-electron chi connectivity index (χ1n) is 11.4. The number of carboxylic acids is 1. The Morgan fingerprint density at radius 1 is 1.23 bits per heavy atom. The van der Waals surface area contributed by atoms with Gasteiger partial charge in [0, 0.05) is 11.6 Å². The monoisotopic (exact) mass is 576 g/mol. The summed E-state index contributed by atoms with van der Waals surface area (Å²) < 4.78 is 37.1. The zero-order valence-corrected chi connectivity index (χ0v) is 21.6. The van der Waals surface area contributed by atoms with Crippen molar-refractivity contribution in [2.24, 2.45) is 10.7 Å². The van der Waals surface area contributed by atoms with Crippen LogP contribution < -0.4 is 15.8 Å². The Bertz CT molecular complexity index is 1480. The first-order valence-corrected chi connectivity index (χ1v) is 12.2. The molecule has 1 aliphatic rings. The summed E-state index contributed by atoms with van der Waals surface area (Å²) in [4.78, 5) is 42.3. The number of carboxylic acid groups (broad SMARTS) is 1. The standard InChI is InChI=1S/C24H22N4O4S.C2HF3O2/c1-32-21-17-10-15(7-8-19(17)26-12-18(21)22(25)30)11-20-23(31)28-24(33-20)27-16(13-29)9-14-5-3-2-4-6-14;3-2(4,5)1(6)7/h2-8,10-12,16,29H,9,13H2,1H3,(H2,25,30)(H,27,28,31);(H,6,7)/b20-11-;/t16-;/m1./s1. The maximum atomic E-state index is 12.5. The molecule has 0 aliphatic carbocycles. The van der Waals surface area contributed by atoms with Crippen LogP contribution in [0.3, 0.4) is 0 Å². The molecular formula is C26H23F3N4O6S. The molecule has 1 fully saturated rings. The maximum absolute atomic E-state index is 12.5. The zero-order valence-electron chi connectivity index (χ0n) is 20.8. The van der Waals surface area contributed by atoms with E-state index < -0.39 is 18.1 Å². The molecule has 0 unspecified atom stereocenters. The van der Waals surface area contributed by atoms with Crippen molar-refractivity contribution in [2.75, 3.05) is 13.7 Å². The molecule has 1 saturated heterocycles. The van der Waals surface area contributed by atoms with Crippen molar-refractivity contribution < 1.29 is 42.5 Å². The fraction of sp³-hybridized carbons (Fsp3) is 0.192. The Labute approximate surface area is 229 Å². The number of aliphatic imine (C=N–C) groups is 1. The Kier molecular flexibility index (Phi) is 9.85. The summed E-state index contributed by atoms with van der Waals surface area (Å²) in [6.45, 7) is -0.131. The van der Waals surface area contributed by atoms with Gasteiger partial charge in [0.25, 0.3) is 11.8 Å². The molecule has 14 heteroatoms. The van der Waals surface area contributed by atoms with E-state index in [9.17, 15) is 27.9 Å². The third kappa shape index (κ3) is 7.80. The first-order chi connectivity index (χ1) is 18.9. The number of aliphatic carboxylic acids is 1. The molecule has 5 N–H and O–H groups in total. The van der Waals surface area contributed by atoms with E-state index in [1.165, 1.54) is 25.1 Å². The van der Waals surface area contributed by atoms with E-state index in [0.29, 0.717) is 33.1 Å². The highest BCUT2D eigenvalue weighted by molar-refractivity contribution is 8.18. The number of carbonyl (C=O) groups excluding carboxylic acids is 2. The molecule has 0 bridgehead atoms. The van der Waals surface area contributed by atoms with Crippen molar-refractivity contribution in [3.63, 3.8) is 0 Å². The summed E-state index contributed by atoms with van der Waals surface area (Å²) >= 11 is 1.21. The highest BCUT2D eigenvalue weighted by Gasteiger charge is 2.38. The fourth-order valence-electron chi connectivity index (χ4n) is 3.51. The normalized spacial score (nSPS) is 15.9. The Balaban J connectivity index is 0.000000559. The van der Waals surface area contributed by atoms with Gasteiger partial charge in [0.1, 0.15) is 11.3 Å². The van der Waals surface area contributed by atoms with Crippen LogP contribution in [0, 0.1) is 0 Å². The Morgan fingerprint density at radius 3 is 2.48 bits per heavy atom. The maximum Gasteiger partial charge on any atom is 0.490 e. The fourth-order valence-corrected chi connectivity index (χ4v) is 4.41. The third-order valence-corrected chi connectivity index (χ3v) is 6.25. The highest BCUT2D eigenvalue weighted by Crippen LogP contribution is 2.31. The quantitative estimate of drug-likeness (QED) is 0.312. The lowest BCUT2D eigenvalue weighted by molar-refractivity contribution is -0.192. The minimum absolute atomic E-state index is 0.131. The van der Waals surface area contributed by atoms with Crippen LogP contribution in [0.15, 0.2) is 64.6 Å². The number of hydrogen-bond acceptors (Lipinski definition) is 8. The number of halogens is 3. The van der Waals surface area contributed by atoms with Crippen molar-refractivity contribution in [2.45, 2.75) is 18.6 Å². The third-order valence-electron chi connectivity index (χ3n) is 5.33. The van der Waals surface area contributed by atoms with Crippen LogP contribution in [0.1, 0.15) is 21.5 Å². The van der Waals surface area contributed by atoms with Gasteiger partial charge < -0.3 is 26.0 Å². The number of nitrogens with one attached hydrogen (secondary N) is 1. The van der Waals surface area contributed by atoms with Gasteiger partial charge in [-0.3, -0.25) is 19.6 Å². The molecule has 10 nitrogen and oxygen atoms in total.